The Morgan fingerprint density at radius 1 is 0.700 bits per heavy atom. The summed E-state index contributed by atoms with van der Waals surface area (Å²) in [6, 6.07) is 14.0. The maximum atomic E-state index is 11.0. The Kier molecular flexibility index (Phi) is 4.83. The van der Waals surface area contributed by atoms with Crippen LogP contribution in [-0.4, -0.2) is 47.6 Å². The van der Waals surface area contributed by atoms with Crippen molar-refractivity contribution in [3.05, 3.63) is 58.7 Å². The van der Waals surface area contributed by atoms with Crippen LogP contribution >= 0.6 is 0 Å². The maximum Gasteiger partial charge on any atom is 0.0727 e. The molecule has 4 heteroatoms. The summed E-state index contributed by atoms with van der Waals surface area (Å²) in [5.41, 5.74) is 7.44. The first-order chi connectivity index (χ1) is 14.4. The van der Waals surface area contributed by atoms with Crippen molar-refractivity contribution < 1.29 is 10.2 Å². The van der Waals surface area contributed by atoms with Gasteiger partial charge in [0, 0.05) is 48.4 Å². The lowest BCUT2D eigenvalue weighted by molar-refractivity contribution is -0.0785. The third-order valence-electron chi connectivity index (χ3n) is 7.56. The van der Waals surface area contributed by atoms with E-state index in [9.17, 15) is 10.2 Å². The summed E-state index contributed by atoms with van der Waals surface area (Å²) in [7, 11) is 0. The molecule has 2 aliphatic heterocycles. The SMILES string of the molecule is CC(C)N1CCc2cc(C3C(O)C(c4ccc5c(c4)CCN5C(C)C)C3O)ccc21. The molecule has 0 bridgehead atoms. The summed E-state index contributed by atoms with van der Waals surface area (Å²) in [6.07, 6.45) is 1.00. The first-order valence-electron chi connectivity index (χ1n) is 11.5. The highest BCUT2D eigenvalue weighted by Gasteiger charge is 2.50. The lowest BCUT2D eigenvalue weighted by Gasteiger charge is -2.47. The molecular formula is C26H34N2O2. The van der Waals surface area contributed by atoms with Crippen LogP contribution in [0.25, 0.3) is 0 Å². The molecule has 2 N–H and O–H groups in total. The fourth-order valence-corrected chi connectivity index (χ4v) is 5.88. The van der Waals surface area contributed by atoms with Crippen LogP contribution in [0.5, 0.6) is 0 Å². The fourth-order valence-electron chi connectivity index (χ4n) is 5.88. The highest BCUT2D eigenvalue weighted by atomic mass is 16.3. The van der Waals surface area contributed by atoms with Crippen molar-refractivity contribution in [2.75, 3.05) is 22.9 Å². The Hall–Kier alpha value is -2.04. The Morgan fingerprint density at radius 2 is 1.10 bits per heavy atom. The van der Waals surface area contributed by atoms with Gasteiger partial charge in [0.05, 0.1) is 12.2 Å². The number of benzene rings is 2. The van der Waals surface area contributed by atoms with Crippen LogP contribution in [-0.2, 0) is 12.8 Å². The molecule has 0 spiro atoms. The average Bonchev–Trinajstić information content (AvgIpc) is 3.31. The number of fused-ring (bicyclic) bond motifs is 2. The lowest BCUT2D eigenvalue weighted by Crippen LogP contribution is -2.51. The quantitative estimate of drug-likeness (QED) is 0.810. The standard InChI is InChI=1S/C26H34N2O2/c1-15(2)27-11-9-17-13-19(5-7-21(17)27)23-25(29)24(26(23)30)20-6-8-22-18(14-20)10-12-28(22)16(3)4/h5-8,13-16,23-26,29-30H,9-12H2,1-4H3. The topological polar surface area (TPSA) is 46.9 Å². The van der Waals surface area contributed by atoms with Crippen LogP contribution in [0.2, 0.25) is 0 Å². The smallest absolute Gasteiger partial charge is 0.0727 e. The van der Waals surface area contributed by atoms with E-state index < -0.39 is 12.2 Å². The summed E-state index contributed by atoms with van der Waals surface area (Å²) < 4.78 is 0. The van der Waals surface area contributed by atoms with Gasteiger partial charge in [0.15, 0.2) is 0 Å². The van der Waals surface area contributed by atoms with E-state index in [0.29, 0.717) is 12.1 Å². The van der Waals surface area contributed by atoms with Gasteiger partial charge in [-0.15, -0.1) is 0 Å². The zero-order chi connectivity index (χ0) is 21.2. The molecule has 1 fully saturated rings. The van der Waals surface area contributed by atoms with Crippen LogP contribution in [0.15, 0.2) is 36.4 Å². The Morgan fingerprint density at radius 3 is 1.47 bits per heavy atom. The summed E-state index contributed by atoms with van der Waals surface area (Å²) in [4.78, 5) is 4.86. The molecule has 30 heavy (non-hydrogen) atoms. The Labute approximate surface area is 180 Å². The maximum absolute atomic E-state index is 11.0. The molecule has 0 saturated heterocycles. The van der Waals surface area contributed by atoms with Gasteiger partial charge >= 0.3 is 0 Å². The van der Waals surface area contributed by atoms with Gasteiger partial charge in [0.1, 0.15) is 0 Å². The van der Waals surface area contributed by atoms with E-state index in [2.05, 4.69) is 73.9 Å². The number of hydrogen-bond donors (Lipinski definition) is 2. The number of anilines is 2. The minimum Gasteiger partial charge on any atom is -0.392 e. The molecule has 0 amide bonds. The van der Waals surface area contributed by atoms with Crippen LogP contribution in [0, 0.1) is 0 Å². The van der Waals surface area contributed by atoms with E-state index in [-0.39, 0.29) is 11.8 Å². The van der Waals surface area contributed by atoms with Crippen molar-refractivity contribution >= 4 is 11.4 Å². The first-order valence-corrected chi connectivity index (χ1v) is 11.5. The predicted octanol–water partition coefficient (Wildman–Crippen LogP) is 3.83. The molecule has 0 unspecified atom stereocenters. The Balaban J connectivity index is 1.36. The van der Waals surface area contributed by atoms with E-state index in [4.69, 9.17) is 0 Å². The molecule has 1 saturated carbocycles. The molecule has 4 nitrogen and oxygen atoms in total. The van der Waals surface area contributed by atoms with Crippen LogP contribution in [0.3, 0.4) is 0 Å². The van der Waals surface area contributed by atoms with Gasteiger partial charge < -0.3 is 20.0 Å². The van der Waals surface area contributed by atoms with E-state index in [1.165, 1.54) is 22.5 Å². The molecule has 2 aromatic rings. The average molecular weight is 407 g/mol. The van der Waals surface area contributed by atoms with Gasteiger partial charge in [-0.3, -0.25) is 0 Å². The molecule has 0 radical (unpaired) electrons. The molecule has 2 heterocycles. The molecule has 1 aliphatic carbocycles. The summed E-state index contributed by atoms with van der Waals surface area (Å²) in [5.74, 6) is -0.400. The number of rotatable bonds is 4. The summed E-state index contributed by atoms with van der Waals surface area (Å²) >= 11 is 0. The van der Waals surface area contributed by atoms with Crippen LogP contribution in [0.4, 0.5) is 11.4 Å². The van der Waals surface area contributed by atoms with Crippen molar-refractivity contribution in [2.45, 2.75) is 76.7 Å². The molecule has 0 atom stereocenters. The van der Waals surface area contributed by atoms with E-state index >= 15 is 0 Å². The number of hydrogen-bond acceptors (Lipinski definition) is 4. The van der Waals surface area contributed by atoms with Crippen molar-refractivity contribution in [3.8, 4) is 0 Å². The van der Waals surface area contributed by atoms with Crippen LogP contribution < -0.4 is 9.80 Å². The highest BCUT2D eigenvalue weighted by Crippen LogP contribution is 2.49. The van der Waals surface area contributed by atoms with E-state index in [1.807, 2.05) is 0 Å². The number of nitrogens with zero attached hydrogens (tertiary/aromatic N) is 2. The summed E-state index contributed by atoms with van der Waals surface area (Å²) in [5, 5.41) is 22.1. The summed E-state index contributed by atoms with van der Waals surface area (Å²) in [6.45, 7) is 11.0. The van der Waals surface area contributed by atoms with E-state index in [0.717, 1.165) is 37.1 Å². The van der Waals surface area contributed by atoms with Gasteiger partial charge in [-0.25, -0.2) is 0 Å². The number of aliphatic hydroxyl groups excluding tert-OH is 2. The lowest BCUT2D eigenvalue weighted by atomic mass is 9.63. The highest BCUT2D eigenvalue weighted by molar-refractivity contribution is 5.62. The number of aliphatic hydroxyl groups is 2. The largest absolute Gasteiger partial charge is 0.392 e. The first kappa shape index (κ1) is 19.9. The van der Waals surface area contributed by atoms with Gasteiger partial charge in [-0.1, -0.05) is 24.3 Å². The van der Waals surface area contributed by atoms with E-state index in [1.54, 1.807) is 0 Å². The molecule has 2 aromatic carbocycles. The van der Waals surface area contributed by atoms with Crippen molar-refractivity contribution in [2.24, 2.45) is 0 Å². The van der Waals surface area contributed by atoms with Gasteiger partial charge in [0.25, 0.3) is 0 Å². The third-order valence-corrected chi connectivity index (χ3v) is 7.56. The third kappa shape index (κ3) is 2.96. The molecule has 3 aliphatic rings. The minimum atomic E-state index is -0.540. The second-order valence-corrected chi connectivity index (χ2v) is 9.88. The zero-order valence-electron chi connectivity index (χ0n) is 18.5. The second-order valence-electron chi connectivity index (χ2n) is 9.88. The van der Waals surface area contributed by atoms with Crippen molar-refractivity contribution in [1.82, 2.24) is 0 Å². The molecule has 5 rings (SSSR count). The zero-order valence-corrected chi connectivity index (χ0v) is 18.5. The molecule has 0 aromatic heterocycles. The van der Waals surface area contributed by atoms with Crippen molar-refractivity contribution in [1.29, 1.82) is 0 Å². The van der Waals surface area contributed by atoms with Gasteiger partial charge in [-0.2, -0.15) is 0 Å². The predicted molar refractivity (Wildman–Crippen MR) is 123 cm³/mol. The Bertz CT molecular complexity index is 869. The normalized spacial score (nSPS) is 27.6. The van der Waals surface area contributed by atoms with Gasteiger partial charge in [0.2, 0.25) is 0 Å². The molecular weight excluding hydrogens is 372 g/mol. The fraction of sp³-hybridized carbons (Fsp3) is 0.538. The van der Waals surface area contributed by atoms with Crippen LogP contribution in [0.1, 0.15) is 61.8 Å². The minimum absolute atomic E-state index is 0.200. The second kappa shape index (κ2) is 7.28. The van der Waals surface area contributed by atoms with Gasteiger partial charge in [-0.05, 0) is 74.9 Å². The monoisotopic (exact) mass is 406 g/mol. The molecule has 160 valence electrons. The van der Waals surface area contributed by atoms with Crippen molar-refractivity contribution in [3.63, 3.8) is 0 Å².